The summed E-state index contributed by atoms with van der Waals surface area (Å²) in [4.78, 5) is 21.8. The number of rotatable bonds is 5. The summed E-state index contributed by atoms with van der Waals surface area (Å²) in [6.45, 7) is 0. The van der Waals surface area contributed by atoms with Crippen molar-refractivity contribution >= 4 is 12.0 Å². The van der Waals surface area contributed by atoms with Crippen LogP contribution in [0.5, 0.6) is 0 Å². The van der Waals surface area contributed by atoms with Crippen molar-refractivity contribution in [1.82, 2.24) is 0 Å². The molecule has 0 N–H and O–H groups in total. The highest BCUT2D eigenvalue weighted by Crippen LogP contribution is 2.07. The van der Waals surface area contributed by atoms with Crippen LogP contribution >= 0.6 is 0 Å². The summed E-state index contributed by atoms with van der Waals surface area (Å²) in [7, 11) is 0. The highest BCUT2D eigenvalue weighted by Gasteiger charge is 2.04. The first kappa shape index (κ1) is 9.06. The van der Waals surface area contributed by atoms with Gasteiger partial charge in [0.05, 0.1) is 0 Å². The zero-order valence-electron chi connectivity index (χ0n) is 8.63. The summed E-state index contributed by atoms with van der Waals surface area (Å²) >= 11 is 0. The molecule has 0 aliphatic rings. The zero-order valence-corrected chi connectivity index (χ0v) is 7.63. The topological polar surface area (TPSA) is 34.1 Å². The quantitative estimate of drug-likeness (QED) is 0.534. The summed E-state index contributed by atoms with van der Waals surface area (Å²) in [5, 5.41) is 0. The van der Waals surface area contributed by atoms with Crippen LogP contribution in [0.15, 0.2) is 24.3 Å². The lowest BCUT2D eigenvalue weighted by molar-refractivity contribution is -0.107. The van der Waals surface area contributed by atoms with Crippen molar-refractivity contribution in [1.29, 1.82) is 0 Å². The van der Waals surface area contributed by atoms with Gasteiger partial charge in [0.2, 0.25) is 0 Å². The van der Waals surface area contributed by atoms with E-state index in [2.05, 4.69) is 0 Å². The molecular formula is C11H11FO2. The molecule has 0 aromatic heterocycles. The highest BCUT2D eigenvalue weighted by molar-refractivity contribution is 5.96. The normalized spacial score (nSPS) is 10.8. The fourth-order valence-corrected chi connectivity index (χ4v) is 1.10. The largest absolute Gasteiger partial charge is 0.303 e. The van der Waals surface area contributed by atoms with Crippen LogP contribution in [-0.2, 0) is 4.79 Å². The SMILES string of the molecule is [2H]C(=O)CCCC(=O)c1ccc(F)cc1. The van der Waals surface area contributed by atoms with Crippen LogP contribution in [0.1, 0.15) is 31.0 Å². The molecule has 0 fully saturated rings. The molecule has 0 aliphatic heterocycles. The van der Waals surface area contributed by atoms with Crippen molar-refractivity contribution in [3.8, 4) is 0 Å². The third-order valence-electron chi connectivity index (χ3n) is 1.85. The average molecular weight is 195 g/mol. The number of halogens is 1. The Morgan fingerprint density at radius 2 is 2.07 bits per heavy atom. The molecule has 0 radical (unpaired) electrons. The second-order valence-electron chi connectivity index (χ2n) is 2.93. The lowest BCUT2D eigenvalue weighted by Gasteiger charge is -1.98. The maximum atomic E-state index is 12.5. The van der Waals surface area contributed by atoms with E-state index >= 15 is 0 Å². The van der Waals surface area contributed by atoms with Gasteiger partial charge in [0, 0.05) is 18.4 Å². The summed E-state index contributed by atoms with van der Waals surface area (Å²) in [5.41, 5.74) is 0.439. The van der Waals surface area contributed by atoms with Crippen molar-refractivity contribution in [3.05, 3.63) is 35.6 Å². The predicted octanol–water partition coefficient (Wildman–Crippen LogP) is 2.38. The molecular weight excluding hydrogens is 183 g/mol. The Morgan fingerprint density at radius 1 is 1.43 bits per heavy atom. The Hall–Kier alpha value is -1.51. The van der Waals surface area contributed by atoms with E-state index in [0.717, 1.165) is 0 Å². The lowest BCUT2D eigenvalue weighted by Crippen LogP contribution is -1.98. The van der Waals surface area contributed by atoms with E-state index in [4.69, 9.17) is 1.37 Å². The second kappa shape index (κ2) is 5.27. The number of aldehydes is 1. The van der Waals surface area contributed by atoms with E-state index in [1.165, 1.54) is 24.3 Å². The molecule has 74 valence electrons. The Morgan fingerprint density at radius 3 is 2.64 bits per heavy atom. The number of ketones is 1. The number of benzene rings is 1. The van der Waals surface area contributed by atoms with E-state index in [-0.39, 0.29) is 24.4 Å². The van der Waals surface area contributed by atoms with Crippen molar-refractivity contribution in [2.24, 2.45) is 0 Å². The maximum Gasteiger partial charge on any atom is 0.162 e. The van der Waals surface area contributed by atoms with Gasteiger partial charge >= 0.3 is 0 Å². The summed E-state index contributed by atoms with van der Waals surface area (Å²) in [6.07, 6.45) is 0.0174. The molecule has 1 aromatic carbocycles. The Kier molecular flexibility index (Phi) is 3.41. The van der Waals surface area contributed by atoms with Crippen molar-refractivity contribution in [3.63, 3.8) is 0 Å². The molecule has 14 heavy (non-hydrogen) atoms. The molecule has 0 amide bonds. The van der Waals surface area contributed by atoms with Crippen molar-refractivity contribution in [2.75, 3.05) is 0 Å². The van der Waals surface area contributed by atoms with Gasteiger partial charge in [-0.05, 0) is 30.7 Å². The van der Waals surface area contributed by atoms with Gasteiger partial charge in [-0.25, -0.2) is 4.39 Å². The predicted molar refractivity (Wildman–Crippen MR) is 50.6 cm³/mol. The summed E-state index contributed by atoms with van der Waals surface area (Å²) < 4.78 is 19.2. The minimum atomic E-state index is -0.665. The van der Waals surface area contributed by atoms with Gasteiger partial charge < -0.3 is 4.79 Å². The third-order valence-corrected chi connectivity index (χ3v) is 1.85. The first-order valence-electron chi connectivity index (χ1n) is 4.88. The van der Waals surface area contributed by atoms with Crippen molar-refractivity contribution < 1.29 is 15.4 Å². The monoisotopic (exact) mass is 195 g/mol. The lowest BCUT2D eigenvalue weighted by atomic mass is 10.1. The molecule has 2 nitrogen and oxygen atoms in total. The number of hydrogen-bond acceptors (Lipinski definition) is 2. The summed E-state index contributed by atoms with van der Waals surface area (Å²) in [5.74, 6) is -0.510. The molecule has 0 unspecified atom stereocenters. The molecule has 0 bridgehead atoms. The summed E-state index contributed by atoms with van der Waals surface area (Å²) in [6, 6.07) is 5.28. The molecule has 1 rings (SSSR count). The fraction of sp³-hybridized carbons (Fsp3) is 0.273. The molecule has 3 heteroatoms. The zero-order chi connectivity index (χ0) is 11.3. The molecule has 1 aromatic rings. The van der Waals surface area contributed by atoms with E-state index in [1.807, 2.05) is 0 Å². The number of carbonyl (C=O) groups excluding carboxylic acids is 2. The van der Waals surface area contributed by atoms with Crippen LogP contribution in [0, 0.1) is 5.82 Å². The highest BCUT2D eigenvalue weighted by atomic mass is 19.1. The van der Waals surface area contributed by atoms with E-state index in [0.29, 0.717) is 12.0 Å². The third kappa shape index (κ3) is 3.09. The molecule has 0 heterocycles. The van der Waals surface area contributed by atoms with Gasteiger partial charge in [-0.2, -0.15) is 0 Å². The number of Topliss-reactive ketones (excluding diaryl/α,β-unsaturated/α-hetero) is 1. The Bertz CT molecular complexity index is 359. The molecule has 0 saturated carbocycles. The first-order valence-corrected chi connectivity index (χ1v) is 4.38. The fourth-order valence-electron chi connectivity index (χ4n) is 1.10. The van der Waals surface area contributed by atoms with Gasteiger partial charge in [-0.1, -0.05) is 0 Å². The van der Waals surface area contributed by atoms with Gasteiger partial charge in [0.15, 0.2) is 5.78 Å². The second-order valence-corrected chi connectivity index (χ2v) is 2.93. The van der Waals surface area contributed by atoms with Gasteiger partial charge in [0.1, 0.15) is 13.5 Å². The van der Waals surface area contributed by atoms with Crippen LogP contribution in [-0.4, -0.2) is 12.0 Å². The van der Waals surface area contributed by atoms with Crippen LogP contribution in [0.4, 0.5) is 4.39 Å². The minimum absolute atomic E-state index is 0.0902. The first-order chi connectivity index (χ1) is 7.09. The molecule has 0 spiro atoms. The number of hydrogen-bond donors (Lipinski definition) is 0. The molecule has 0 aliphatic carbocycles. The maximum absolute atomic E-state index is 12.5. The van der Waals surface area contributed by atoms with Crippen LogP contribution in [0.3, 0.4) is 0 Å². The molecule has 0 saturated heterocycles. The van der Waals surface area contributed by atoms with Crippen molar-refractivity contribution in [2.45, 2.75) is 19.3 Å². The van der Waals surface area contributed by atoms with Crippen LogP contribution in [0.2, 0.25) is 0 Å². The smallest absolute Gasteiger partial charge is 0.162 e. The van der Waals surface area contributed by atoms with E-state index < -0.39 is 6.26 Å². The average Bonchev–Trinajstić information content (AvgIpc) is 2.18. The number of carbonyl (C=O) groups is 2. The van der Waals surface area contributed by atoms with Crippen LogP contribution < -0.4 is 0 Å². The van der Waals surface area contributed by atoms with Gasteiger partial charge in [-0.15, -0.1) is 0 Å². The standard InChI is InChI=1S/C11H11FO2/c12-10-6-4-9(5-7-10)11(14)3-1-2-8-13/h4-8H,1-3H2/i8D. The molecule has 0 atom stereocenters. The van der Waals surface area contributed by atoms with E-state index in [9.17, 15) is 14.0 Å². The van der Waals surface area contributed by atoms with Crippen LogP contribution in [0.25, 0.3) is 0 Å². The Labute approximate surface area is 83.1 Å². The minimum Gasteiger partial charge on any atom is -0.303 e. The Balaban J connectivity index is 2.47. The van der Waals surface area contributed by atoms with E-state index in [1.54, 1.807) is 0 Å². The van der Waals surface area contributed by atoms with Gasteiger partial charge in [0.25, 0.3) is 0 Å². The van der Waals surface area contributed by atoms with Gasteiger partial charge in [-0.3, -0.25) is 4.79 Å².